The van der Waals surface area contributed by atoms with Crippen molar-refractivity contribution >= 4 is 63.3 Å². The van der Waals surface area contributed by atoms with Crippen molar-refractivity contribution in [3.05, 3.63) is 59.3 Å². The molecule has 0 spiro atoms. The molecule has 3 aromatic rings. The average molecular weight is 549 g/mol. The molecule has 1 aromatic heterocycles. The molecule has 1 heterocycles. The number of carbonyl (C=O) groups is 2. The first kappa shape index (κ1) is 32.0. The van der Waals surface area contributed by atoms with E-state index >= 15 is 0 Å². The van der Waals surface area contributed by atoms with Crippen LogP contribution in [-0.2, 0) is 0 Å². The second-order valence-corrected chi connectivity index (χ2v) is 8.88. The van der Waals surface area contributed by atoms with E-state index in [0.29, 0.717) is 40.6 Å². The molecule has 200 valence electrons. The van der Waals surface area contributed by atoms with Crippen LogP contribution in [0.2, 0.25) is 0 Å². The first-order valence-corrected chi connectivity index (χ1v) is 12.4. The van der Waals surface area contributed by atoms with Crippen molar-refractivity contribution in [1.29, 1.82) is 0 Å². The molecular weight excluding hydrogens is 511 g/mol. The number of nitrogens with one attached hydrogen (secondary N) is 1. The third-order valence-corrected chi connectivity index (χ3v) is 6.37. The van der Waals surface area contributed by atoms with Crippen LogP contribution in [0.5, 0.6) is 11.5 Å². The number of carboxylic acid groups (broad SMARTS) is 1. The van der Waals surface area contributed by atoms with Crippen LogP contribution in [0.4, 0.5) is 0 Å². The summed E-state index contributed by atoms with van der Waals surface area (Å²) in [6.07, 6.45) is 0. The van der Waals surface area contributed by atoms with Gasteiger partial charge in [0.15, 0.2) is 5.69 Å². The summed E-state index contributed by atoms with van der Waals surface area (Å²) >= 11 is 0. The molecule has 0 fully saturated rings. The van der Waals surface area contributed by atoms with Gasteiger partial charge in [0, 0.05) is 18.7 Å². The molecule has 0 saturated heterocycles. The average Bonchev–Trinajstić information content (AvgIpc) is 3.35. The van der Waals surface area contributed by atoms with Crippen molar-refractivity contribution < 1.29 is 24.2 Å². The Hall–Kier alpha value is -2.21. The zero-order valence-corrected chi connectivity index (χ0v) is 22.4. The molecule has 0 aliphatic heterocycles. The Labute approximate surface area is 266 Å². The fourth-order valence-electron chi connectivity index (χ4n) is 4.29. The van der Waals surface area contributed by atoms with Crippen molar-refractivity contribution in [1.82, 2.24) is 20.0 Å². The molecule has 3 rings (SSSR count). The first-order chi connectivity index (χ1) is 17.7. The number of amides is 1. The van der Waals surface area contributed by atoms with Crippen molar-refractivity contribution in [2.24, 2.45) is 0 Å². The van der Waals surface area contributed by atoms with Crippen LogP contribution >= 0.6 is 0 Å². The number of benzene rings is 2. The number of rotatable bonds is 12. The zero-order valence-electron chi connectivity index (χ0n) is 22.4. The molecule has 0 radical (unpaired) electrons. The molecule has 2 N–H and O–H groups in total. The Balaban J connectivity index is 0.00000507. The maximum absolute atomic E-state index is 13.1. The molecule has 38 heavy (non-hydrogen) atoms. The van der Waals surface area contributed by atoms with E-state index in [-0.39, 0.29) is 68.9 Å². The van der Waals surface area contributed by atoms with Crippen LogP contribution in [-0.4, -0.2) is 123 Å². The molecule has 2 aromatic carbocycles. The summed E-state index contributed by atoms with van der Waals surface area (Å²) in [5.41, 5.74) is 3.00. The van der Waals surface area contributed by atoms with E-state index in [1.54, 1.807) is 49.2 Å². The van der Waals surface area contributed by atoms with Gasteiger partial charge in [-0.15, -0.1) is 0 Å². The van der Waals surface area contributed by atoms with Gasteiger partial charge in [0.2, 0.25) is 0 Å². The number of methoxy groups -OCH3 is 2. The maximum atomic E-state index is 13.1. The predicted molar refractivity (Wildman–Crippen MR) is 150 cm³/mol. The minimum absolute atomic E-state index is 0. The third-order valence-electron chi connectivity index (χ3n) is 6.37. The molecule has 9 nitrogen and oxygen atoms in total. The molecule has 0 atom stereocenters. The van der Waals surface area contributed by atoms with Gasteiger partial charge < -0.3 is 24.8 Å². The number of aromatic carboxylic acids is 1. The number of aromatic nitrogens is 2. The second-order valence-electron chi connectivity index (χ2n) is 8.88. The van der Waals surface area contributed by atoms with Gasteiger partial charge in [-0.3, -0.25) is 4.79 Å². The third kappa shape index (κ3) is 7.25. The van der Waals surface area contributed by atoms with Crippen molar-refractivity contribution in [2.75, 3.05) is 40.4 Å². The van der Waals surface area contributed by atoms with E-state index in [4.69, 9.17) is 9.47 Å². The first-order valence-electron chi connectivity index (χ1n) is 12.4. The normalized spacial score (nSPS) is 10.8. The zero-order chi connectivity index (χ0) is 27.1. The van der Waals surface area contributed by atoms with Crippen LogP contribution in [0.3, 0.4) is 0 Å². The Morgan fingerprint density at radius 1 is 1.05 bits per heavy atom. The van der Waals surface area contributed by atoms with E-state index < -0.39 is 5.97 Å². The Bertz CT molecular complexity index is 1230. The van der Waals surface area contributed by atoms with E-state index in [1.807, 2.05) is 19.9 Å². The van der Waals surface area contributed by atoms with Gasteiger partial charge in [-0.05, 0) is 61.0 Å². The molecule has 10 heteroatoms. The van der Waals surface area contributed by atoms with Crippen molar-refractivity contribution in [3.63, 3.8) is 0 Å². The number of hydrogen-bond acceptors (Lipinski definition) is 6. The fraction of sp³-hybridized carbons (Fsp3) is 0.393. The van der Waals surface area contributed by atoms with E-state index in [9.17, 15) is 14.7 Å². The van der Waals surface area contributed by atoms with Crippen LogP contribution in [0.25, 0.3) is 16.9 Å². The van der Waals surface area contributed by atoms with Crippen molar-refractivity contribution in [3.8, 4) is 28.4 Å². The number of nitrogens with zero attached hydrogens (tertiary/aromatic N) is 3. The van der Waals surface area contributed by atoms with E-state index in [0.717, 1.165) is 25.2 Å². The van der Waals surface area contributed by atoms with Gasteiger partial charge in [0.25, 0.3) is 5.91 Å². The summed E-state index contributed by atoms with van der Waals surface area (Å²) in [5, 5.41) is 17.1. The minimum atomic E-state index is -1.15. The summed E-state index contributed by atoms with van der Waals surface area (Å²) in [6, 6.07) is 12.3. The van der Waals surface area contributed by atoms with Gasteiger partial charge in [-0.2, -0.15) is 5.10 Å². The molecule has 1 amide bonds. The van der Waals surface area contributed by atoms with Crippen LogP contribution in [0.1, 0.15) is 60.0 Å². The van der Waals surface area contributed by atoms with Crippen LogP contribution in [0, 0.1) is 0 Å². The Morgan fingerprint density at radius 2 is 1.68 bits per heavy atom. The molecule has 0 saturated carbocycles. The monoisotopic (exact) mass is 548 g/mol. The van der Waals surface area contributed by atoms with E-state index in [2.05, 4.69) is 29.2 Å². The predicted octanol–water partition coefficient (Wildman–Crippen LogP) is 3.80. The Kier molecular flexibility index (Phi) is 12.5. The Morgan fingerprint density at radius 3 is 2.21 bits per heavy atom. The van der Waals surface area contributed by atoms with Gasteiger partial charge in [-0.1, -0.05) is 33.8 Å². The summed E-state index contributed by atoms with van der Waals surface area (Å²) < 4.78 is 12.7. The van der Waals surface area contributed by atoms with Gasteiger partial charge >= 0.3 is 57.4 Å². The molecule has 0 bridgehead atoms. The van der Waals surface area contributed by atoms with Crippen LogP contribution < -0.4 is 14.8 Å². The number of carbonyl (C=O) groups excluding carboxylic acids is 1. The van der Waals surface area contributed by atoms with Crippen molar-refractivity contribution in [2.45, 2.75) is 33.6 Å². The number of likely N-dealkylation sites (N-methyl/N-ethyl adjacent to an activating group) is 1. The fourth-order valence-corrected chi connectivity index (χ4v) is 4.29. The van der Waals surface area contributed by atoms with Gasteiger partial charge in [0.05, 0.1) is 31.2 Å². The second kappa shape index (κ2) is 14.8. The molecule has 0 aliphatic carbocycles. The standard InChI is InChI=1S/C28H36N4O5.K.H/c1-7-31(8-2)15-14-29-27(33)20-13-12-19(16-21(20)18(3)4)32-23(17-22(30-32)28(34)35)26-24(36-5)10-9-11-25(26)37-6;;/h9-13,16-18H,7-8,14-15H2,1-6H3,(H,29,33)(H,34,35);;. The molecule has 0 aliphatic rings. The SMILES string of the molecule is CCN(CC)CCNC(=O)c1ccc(-n2nc(C(=O)O)cc2-c2c(OC)cccc2OC)cc1C(C)C.[KH]. The summed E-state index contributed by atoms with van der Waals surface area (Å²) in [4.78, 5) is 27.2. The summed E-state index contributed by atoms with van der Waals surface area (Å²) in [6.45, 7) is 11.4. The quantitative estimate of drug-likeness (QED) is 0.332. The summed E-state index contributed by atoms with van der Waals surface area (Å²) in [5.74, 6) is -0.207. The number of hydrogen-bond donors (Lipinski definition) is 2. The summed E-state index contributed by atoms with van der Waals surface area (Å²) in [7, 11) is 3.09. The molecular formula is C28H37KN4O5. The van der Waals surface area contributed by atoms with E-state index in [1.165, 1.54) is 6.07 Å². The van der Waals surface area contributed by atoms with Crippen LogP contribution in [0.15, 0.2) is 42.5 Å². The number of ether oxygens (including phenoxy) is 2. The molecule has 0 unspecified atom stereocenters. The van der Waals surface area contributed by atoms with Gasteiger partial charge in [-0.25, -0.2) is 9.48 Å². The number of carboxylic acids is 1. The van der Waals surface area contributed by atoms with Gasteiger partial charge in [0.1, 0.15) is 11.5 Å². The topological polar surface area (TPSA) is 106 Å².